The lowest BCUT2D eigenvalue weighted by Gasteiger charge is -2.21. The lowest BCUT2D eigenvalue weighted by molar-refractivity contribution is -0.148. The average molecular weight is 411 g/mol. The number of carbonyl (C=O) groups excluding carboxylic acids is 2. The predicted molar refractivity (Wildman–Crippen MR) is 107 cm³/mol. The van der Waals surface area contributed by atoms with Gasteiger partial charge in [0.05, 0.1) is 0 Å². The van der Waals surface area contributed by atoms with E-state index < -0.39 is 12.0 Å². The van der Waals surface area contributed by atoms with E-state index in [2.05, 4.69) is 15.5 Å². The fraction of sp³-hybridized carbons (Fsp3) is 0.273. The van der Waals surface area contributed by atoms with Crippen molar-refractivity contribution in [2.75, 3.05) is 0 Å². The van der Waals surface area contributed by atoms with Gasteiger partial charge in [0, 0.05) is 11.1 Å². The Bertz CT molecular complexity index is 1030. The first-order valence-electron chi connectivity index (χ1n) is 9.47. The number of nitrogens with zero attached hydrogens (tertiary/aromatic N) is 2. The maximum Gasteiger partial charge on any atom is 0.329 e. The molecule has 2 aromatic carbocycles. The maximum atomic E-state index is 13.0. The molecular formula is C22H22FN3O4. The zero-order valence-corrected chi connectivity index (χ0v) is 16.9. The maximum absolute atomic E-state index is 13.0. The molecule has 0 aliphatic heterocycles. The third-order valence-corrected chi connectivity index (χ3v) is 4.50. The smallest absolute Gasteiger partial charge is 0.329 e. The van der Waals surface area contributed by atoms with Gasteiger partial charge in [-0.1, -0.05) is 37.2 Å². The molecule has 0 aliphatic rings. The summed E-state index contributed by atoms with van der Waals surface area (Å²) in [5.74, 6) is -1.16. The molecule has 0 bridgehead atoms. The molecule has 1 N–H and O–H groups in total. The van der Waals surface area contributed by atoms with E-state index in [1.807, 2.05) is 32.9 Å². The Morgan fingerprint density at radius 3 is 2.50 bits per heavy atom. The summed E-state index contributed by atoms with van der Waals surface area (Å²) in [6.45, 7) is 5.23. The molecule has 8 heteroatoms. The molecule has 30 heavy (non-hydrogen) atoms. The van der Waals surface area contributed by atoms with E-state index in [-0.39, 0.29) is 36.0 Å². The molecule has 0 fully saturated rings. The van der Waals surface area contributed by atoms with E-state index in [4.69, 9.17) is 9.26 Å². The van der Waals surface area contributed by atoms with E-state index in [0.29, 0.717) is 11.1 Å². The first kappa shape index (κ1) is 21.2. The van der Waals surface area contributed by atoms with Gasteiger partial charge in [-0.3, -0.25) is 4.79 Å². The molecule has 0 unspecified atom stereocenters. The second kappa shape index (κ2) is 9.30. The van der Waals surface area contributed by atoms with Crippen LogP contribution in [0.2, 0.25) is 0 Å². The van der Waals surface area contributed by atoms with Crippen molar-refractivity contribution in [2.24, 2.45) is 5.92 Å². The molecule has 156 valence electrons. The Kier molecular flexibility index (Phi) is 6.56. The highest BCUT2D eigenvalue weighted by molar-refractivity contribution is 5.98. The molecule has 7 nitrogen and oxygen atoms in total. The molecule has 0 saturated carbocycles. The number of carbonyl (C=O) groups is 2. The van der Waals surface area contributed by atoms with Crippen LogP contribution in [0.4, 0.5) is 4.39 Å². The van der Waals surface area contributed by atoms with Crippen molar-refractivity contribution in [2.45, 2.75) is 33.4 Å². The number of hydrogen-bond acceptors (Lipinski definition) is 6. The zero-order valence-electron chi connectivity index (χ0n) is 16.9. The molecule has 0 radical (unpaired) electrons. The second-order valence-electron chi connectivity index (χ2n) is 7.14. The predicted octanol–water partition coefficient (Wildman–Crippen LogP) is 3.68. The molecule has 0 saturated heterocycles. The number of esters is 1. The summed E-state index contributed by atoms with van der Waals surface area (Å²) in [7, 11) is 0. The molecule has 1 atom stereocenters. The molecule has 3 rings (SSSR count). The largest absolute Gasteiger partial charge is 0.456 e. The number of aromatic nitrogens is 2. The summed E-state index contributed by atoms with van der Waals surface area (Å²) >= 11 is 0. The zero-order chi connectivity index (χ0) is 21.7. The number of amides is 1. The van der Waals surface area contributed by atoms with Gasteiger partial charge < -0.3 is 14.6 Å². The minimum Gasteiger partial charge on any atom is -0.456 e. The molecule has 0 aliphatic carbocycles. The van der Waals surface area contributed by atoms with Gasteiger partial charge in [-0.25, -0.2) is 9.18 Å². The van der Waals surface area contributed by atoms with Crippen molar-refractivity contribution < 1.29 is 23.2 Å². The van der Waals surface area contributed by atoms with Gasteiger partial charge in [-0.05, 0) is 48.7 Å². The van der Waals surface area contributed by atoms with Crippen molar-refractivity contribution in [1.82, 2.24) is 15.5 Å². The van der Waals surface area contributed by atoms with Gasteiger partial charge in [0.1, 0.15) is 11.9 Å². The van der Waals surface area contributed by atoms with Crippen LogP contribution in [0.25, 0.3) is 11.5 Å². The van der Waals surface area contributed by atoms with Gasteiger partial charge >= 0.3 is 5.97 Å². The number of nitrogens with one attached hydrogen (secondary N) is 1. The summed E-state index contributed by atoms with van der Waals surface area (Å²) in [6, 6.07) is 11.9. The monoisotopic (exact) mass is 411 g/mol. The van der Waals surface area contributed by atoms with Gasteiger partial charge in [-0.2, -0.15) is 4.98 Å². The fourth-order valence-corrected chi connectivity index (χ4v) is 2.79. The normalized spacial score (nSPS) is 11.9. The van der Waals surface area contributed by atoms with Crippen LogP contribution >= 0.6 is 0 Å². The standard InChI is InChI=1S/C22H22FN3O4/c1-13(2)19(25-20(27)17-7-5-4-6-14(17)3)22(28)29-12-18-24-21(30-26-18)15-8-10-16(23)11-9-15/h4-11,13,19H,12H2,1-3H3,(H,25,27)/t19-/m0/s1. The van der Waals surface area contributed by atoms with Crippen LogP contribution in [0.1, 0.15) is 35.6 Å². The van der Waals surface area contributed by atoms with Crippen molar-refractivity contribution in [3.8, 4) is 11.5 Å². The number of ether oxygens (including phenoxy) is 1. The molecule has 1 aromatic heterocycles. The molecule has 1 amide bonds. The Hall–Kier alpha value is -3.55. The Labute approximate surface area is 173 Å². The van der Waals surface area contributed by atoms with Crippen LogP contribution in [-0.2, 0) is 16.1 Å². The van der Waals surface area contributed by atoms with E-state index in [1.54, 1.807) is 12.1 Å². The fourth-order valence-electron chi connectivity index (χ4n) is 2.79. The van der Waals surface area contributed by atoms with Crippen LogP contribution in [0, 0.1) is 18.7 Å². The lowest BCUT2D eigenvalue weighted by atomic mass is 10.0. The van der Waals surface area contributed by atoms with Crippen LogP contribution in [0.15, 0.2) is 53.1 Å². The van der Waals surface area contributed by atoms with Crippen LogP contribution in [0.3, 0.4) is 0 Å². The summed E-state index contributed by atoms with van der Waals surface area (Å²) < 4.78 is 23.4. The molecular weight excluding hydrogens is 389 g/mol. The molecule has 0 spiro atoms. The topological polar surface area (TPSA) is 94.3 Å². The average Bonchev–Trinajstić information content (AvgIpc) is 3.19. The third kappa shape index (κ3) is 5.08. The van der Waals surface area contributed by atoms with Crippen LogP contribution in [0.5, 0.6) is 0 Å². The highest BCUT2D eigenvalue weighted by Gasteiger charge is 2.27. The third-order valence-electron chi connectivity index (χ3n) is 4.50. The summed E-state index contributed by atoms with van der Waals surface area (Å²) in [5.41, 5.74) is 1.86. The number of hydrogen-bond donors (Lipinski definition) is 1. The van der Waals surface area contributed by atoms with Crippen molar-refractivity contribution in [3.63, 3.8) is 0 Å². The van der Waals surface area contributed by atoms with Gasteiger partial charge in [0.15, 0.2) is 6.61 Å². The van der Waals surface area contributed by atoms with Gasteiger partial charge in [0.2, 0.25) is 5.82 Å². The van der Waals surface area contributed by atoms with Gasteiger partial charge in [0.25, 0.3) is 11.8 Å². The van der Waals surface area contributed by atoms with Crippen molar-refractivity contribution >= 4 is 11.9 Å². The first-order chi connectivity index (χ1) is 14.3. The second-order valence-corrected chi connectivity index (χ2v) is 7.14. The SMILES string of the molecule is Cc1ccccc1C(=O)N[C@H](C(=O)OCc1noc(-c2ccc(F)cc2)n1)C(C)C. The summed E-state index contributed by atoms with van der Waals surface area (Å²) in [4.78, 5) is 29.3. The van der Waals surface area contributed by atoms with Gasteiger partial charge in [-0.15, -0.1) is 0 Å². The lowest BCUT2D eigenvalue weighted by Crippen LogP contribution is -2.45. The Morgan fingerprint density at radius 1 is 1.13 bits per heavy atom. The van der Waals surface area contributed by atoms with E-state index in [1.165, 1.54) is 24.3 Å². The molecule has 1 heterocycles. The summed E-state index contributed by atoms with van der Waals surface area (Å²) in [5, 5.41) is 6.50. The van der Waals surface area contributed by atoms with Crippen molar-refractivity contribution in [1.29, 1.82) is 0 Å². The van der Waals surface area contributed by atoms with Crippen molar-refractivity contribution in [3.05, 3.63) is 71.3 Å². The number of aryl methyl sites for hydroxylation is 1. The highest BCUT2D eigenvalue weighted by Crippen LogP contribution is 2.18. The van der Waals surface area contributed by atoms with Crippen LogP contribution in [-0.4, -0.2) is 28.1 Å². The minimum atomic E-state index is -0.833. The highest BCUT2D eigenvalue weighted by atomic mass is 19.1. The Balaban J connectivity index is 1.62. The van der Waals surface area contributed by atoms with E-state index >= 15 is 0 Å². The molecule has 3 aromatic rings. The minimum absolute atomic E-state index is 0.162. The Morgan fingerprint density at radius 2 is 1.83 bits per heavy atom. The van der Waals surface area contributed by atoms with Crippen LogP contribution < -0.4 is 5.32 Å². The first-order valence-corrected chi connectivity index (χ1v) is 9.47. The van der Waals surface area contributed by atoms with E-state index in [0.717, 1.165) is 5.56 Å². The quantitative estimate of drug-likeness (QED) is 0.596. The number of rotatable bonds is 7. The summed E-state index contributed by atoms with van der Waals surface area (Å²) in [6.07, 6.45) is 0. The number of benzene rings is 2. The number of halogens is 1. The van der Waals surface area contributed by atoms with E-state index in [9.17, 15) is 14.0 Å².